The lowest BCUT2D eigenvalue weighted by Crippen LogP contribution is -2.29. The molecule has 144 valence electrons. The molecule has 0 spiro atoms. The van der Waals surface area contributed by atoms with Gasteiger partial charge in [0.15, 0.2) is 17.0 Å². The molecule has 3 rings (SSSR count). The second-order valence-corrected chi connectivity index (χ2v) is 6.33. The SMILES string of the molecule is CCCCOc1nc(N)c2nc(OC)n(CCCNC3CCCO3)c2n1. The third-order valence-electron chi connectivity index (χ3n) is 4.34. The second-order valence-electron chi connectivity index (χ2n) is 6.33. The van der Waals surface area contributed by atoms with Crippen molar-refractivity contribution in [1.29, 1.82) is 0 Å². The van der Waals surface area contributed by atoms with Gasteiger partial charge in [0.2, 0.25) is 0 Å². The minimum Gasteiger partial charge on any atom is -0.468 e. The molecule has 1 fully saturated rings. The number of anilines is 1. The first kappa shape index (κ1) is 18.7. The molecule has 1 aliphatic rings. The molecule has 2 aromatic rings. The van der Waals surface area contributed by atoms with Crippen molar-refractivity contribution < 1.29 is 14.2 Å². The van der Waals surface area contributed by atoms with Crippen molar-refractivity contribution in [3.8, 4) is 12.0 Å². The van der Waals surface area contributed by atoms with E-state index in [9.17, 15) is 0 Å². The molecule has 0 radical (unpaired) electrons. The molecular weight excluding hydrogens is 336 g/mol. The highest BCUT2D eigenvalue weighted by atomic mass is 16.5. The van der Waals surface area contributed by atoms with Crippen LogP contribution in [0.1, 0.15) is 39.0 Å². The summed E-state index contributed by atoms with van der Waals surface area (Å²) in [5, 5.41) is 3.41. The highest BCUT2D eigenvalue weighted by Gasteiger charge is 2.18. The van der Waals surface area contributed by atoms with Crippen LogP contribution < -0.4 is 20.5 Å². The van der Waals surface area contributed by atoms with Crippen molar-refractivity contribution in [3.63, 3.8) is 0 Å². The third kappa shape index (κ3) is 4.34. The van der Waals surface area contributed by atoms with E-state index in [0.717, 1.165) is 45.3 Å². The molecule has 1 saturated heterocycles. The summed E-state index contributed by atoms with van der Waals surface area (Å²) in [7, 11) is 1.59. The van der Waals surface area contributed by atoms with Gasteiger partial charge in [0.1, 0.15) is 6.23 Å². The summed E-state index contributed by atoms with van der Waals surface area (Å²) in [6.45, 7) is 5.05. The molecule has 0 amide bonds. The summed E-state index contributed by atoms with van der Waals surface area (Å²) in [6.07, 6.45) is 5.24. The predicted molar refractivity (Wildman–Crippen MR) is 98.3 cm³/mol. The largest absolute Gasteiger partial charge is 0.468 e. The van der Waals surface area contributed by atoms with Crippen molar-refractivity contribution in [2.75, 3.05) is 32.6 Å². The first-order chi connectivity index (χ1) is 12.7. The molecule has 3 N–H and O–H groups in total. The number of nitrogens with two attached hydrogens (primary N) is 1. The lowest BCUT2D eigenvalue weighted by molar-refractivity contribution is 0.0839. The fraction of sp³-hybridized carbons (Fsp3) is 0.706. The minimum atomic E-state index is 0.174. The Labute approximate surface area is 153 Å². The van der Waals surface area contributed by atoms with E-state index in [1.165, 1.54) is 0 Å². The maximum absolute atomic E-state index is 6.04. The Hall–Kier alpha value is -2.13. The second kappa shape index (κ2) is 9.00. The van der Waals surface area contributed by atoms with Gasteiger partial charge in [0.05, 0.1) is 13.7 Å². The van der Waals surface area contributed by atoms with E-state index < -0.39 is 0 Å². The Morgan fingerprint density at radius 2 is 2.19 bits per heavy atom. The molecule has 1 atom stereocenters. The van der Waals surface area contributed by atoms with Gasteiger partial charge in [-0.3, -0.25) is 9.88 Å². The van der Waals surface area contributed by atoms with Crippen LogP contribution in [-0.2, 0) is 11.3 Å². The van der Waals surface area contributed by atoms with Crippen molar-refractivity contribution in [1.82, 2.24) is 24.8 Å². The summed E-state index contributed by atoms with van der Waals surface area (Å²) in [4.78, 5) is 13.1. The molecule has 0 aromatic carbocycles. The first-order valence-electron chi connectivity index (χ1n) is 9.28. The third-order valence-corrected chi connectivity index (χ3v) is 4.34. The first-order valence-corrected chi connectivity index (χ1v) is 9.28. The topological polar surface area (TPSA) is 109 Å². The molecule has 1 aliphatic heterocycles. The van der Waals surface area contributed by atoms with Gasteiger partial charge >= 0.3 is 6.01 Å². The molecule has 9 heteroatoms. The van der Waals surface area contributed by atoms with E-state index in [4.69, 9.17) is 19.9 Å². The van der Waals surface area contributed by atoms with Gasteiger partial charge in [-0.2, -0.15) is 15.0 Å². The van der Waals surface area contributed by atoms with E-state index in [-0.39, 0.29) is 12.2 Å². The lowest BCUT2D eigenvalue weighted by Gasteiger charge is -2.12. The predicted octanol–water partition coefficient (Wildman–Crippen LogP) is 1.71. The summed E-state index contributed by atoms with van der Waals surface area (Å²) >= 11 is 0. The standard InChI is InChI=1S/C17H28N6O3/c1-3-4-10-26-16-21-14(18)13-15(22-16)23(17(20-13)24-2)9-6-8-19-12-7-5-11-25-12/h12,19H,3-11H2,1-2H3,(H2,18,21,22). The van der Waals surface area contributed by atoms with Gasteiger partial charge in [-0.1, -0.05) is 13.3 Å². The van der Waals surface area contributed by atoms with Crippen LogP contribution in [-0.4, -0.2) is 52.6 Å². The van der Waals surface area contributed by atoms with E-state index in [0.29, 0.717) is 36.1 Å². The minimum absolute atomic E-state index is 0.174. The number of hydrogen-bond donors (Lipinski definition) is 2. The van der Waals surface area contributed by atoms with Crippen LogP contribution in [0.4, 0.5) is 5.82 Å². The number of fused-ring (bicyclic) bond motifs is 1. The number of nitrogen functional groups attached to an aromatic ring is 1. The van der Waals surface area contributed by atoms with E-state index >= 15 is 0 Å². The summed E-state index contributed by atoms with van der Waals surface area (Å²) in [5.41, 5.74) is 7.22. The summed E-state index contributed by atoms with van der Waals surface area (Å²) in [6, 6.07) is 0.758. The van der Waals surface area contributed by atoms with Gasteiger partial charge in [-0.15, -0.1) is 0 Å². The molecule has 9 nitrogen and oxygen atoms in total. The molecule has 2 aromatic heterocycles. The number of unbranched alkanes of at least 4 members (excludes halogenated alkanes) is 1. The maximum Gasteiger partial charge on any atom is 0.320 e. The molecule has 0 saturated carbocycles. The molecule has 0 bridgehead atoms. The summed E-state index contributed by atoms with van der Waals surface area (Å²) in [5.74, 6) is 0.302. The van der Waals surface area contributed by atoms with E-state index in [2.05, 4.69) is 27.2 Å². The Morgan fingerprint density at radius 3 is 2.92 bits per heavy atom. The molecule has 3 heterocycles. The highest BCUT2D eigenvalue weighted by molar-refractivity contribution is 5.83. The Bertz CT molecular complexity index is 714. The zero-order valence-corrected chi connectivity index (χ0v) is 15.5. The van der Waals surface area contributed by atoms with Crippen molar-refractivity contribution >= 4 is 17.0 Å². The van der Waals surface area contributed by atoms with Crippen molar-refractivity contribution in [2.45, 2.75) is 51.8 Å². The highest BCUT2D eigenvalue weighted by Crippen LogP contribution is 2.25. The number of nitrogens with one attached hydrogen (secondary N) is 1. The number of methoxy groups -OCH3 is 1. The maximum atomic E-state index is 6.04. The van der Waals surface area contributed by atoms with Gasteiger partial charge in [-0.05, 0) is 32.2 Å². The molecule has 1 unspecified atom stereocenters. The van der Waals surface area contributed by atoms with Crippen LogP contribution in [0.2, 0.25) is 0 Å². The average molecular weight is 364 g/mol. The number of rotatable bonds is 10. The number of nitrogens with zero attached hydrogens (tertiary/aromatic N) is 4. The van der Waals surface area contributed by atoms with Crippen LogP contribution in [0.25, 0.3) is 11.2 Å². The number of aromatic nitrogens is 4. The number of aryl methyl sites for hydroxylation is 1. The average Bonchev–Trinajstić information content (AvgIpc) is 3.27. The fourth-order valence-electron chi connectivity index (χ4n) is 2.95. The quantitative estimate of drug-likeness (QED) is 0.613. The van der Waals surface area contributed by atoms with Crippen LogP contribution in [0, 0.1) is 0 Å². The van der Waals surface area contributed by atoms with Crippen LogP contribution in [0.15, 0.2) is 0 Å². The molecule has 26 heavy (non-hydrogen) atoms. The zero-order chi connectivity index (χ0) is 18.4. The van der Waals surface area contributed by atoms with E-state index in [1.807, 2.05) is 4.57 Å². The Morgan fingerprint density at radius 1 is 1.31 bits per heavy atom. The van der Waals surface area contributed by atoms with Crippen LogP contribution in [0.5, 0.6) is 12.0 Å². The van der Waals surface area contributed by atoms with Gasteiger partial charge in [-0.25, -0.2) is 0 Å². The zero-order valence-electron chi connectivity index (χ0n) is 15.5. The van der Waals surface area contributed by atoms with Gasteiger partial charge < -0.3 is 19.9 Å². The number of imidazole rings is 1. The normalized spacial score (nSPS) is 17.1. The molecular formula is C17H28N6O3. The smallest absolute Gasteiger partial charge is 0.320 e. The van der Waals surface area contributed by atoms with Crippen molar-refractivity contribution in [3.05, 3.63) is 0 Å². The Balaban J connectivity index is 1.71. The number of ether oxygens (including phenoxy) is 3. The fourth-order valence-corrected chi connectivity index (χ4v) is 2.95. The van der Waals surface area contributed by atoms with E-state index in [1.54, 1.807) is 7.11 Å². The number of hydrogen-bond acceptors (Lipinski definition) is 8. The monoisotopic (exact) mass is 364 g/mol. The molecule has 0 aliphatic carbocycles. The lowest BCUT2D eigenvalue weighted by atomic mass is 10.3. The van der Waals surface area contributed by atoms with Gasteiger partial charge in [0, 0.05) is 13.2 Å². The van der Waals surface area contributed by atoms with Crippen molar-refractivity contribution in [2.24, 2.45) is 0 Å². The van der Waals surface area contributed by atoms with Crippen LogP contribution in [0.3, 0.4) is 0 Å². The van der Waals surface area contributed by atoms with Crippen LogP contribution >= 0.6 is 0 Å². The Kier molecular flexibility index (Phi) is 6.45. The summed E-state index contributed by atoms with van der Waals surface area (Å²) < 4.78 is 18.5. The van der Waals surface area contributed by atoms with Gasteiger partial charge in [0.25, 0.3) is 6.01 Å².